The fourth-order valence-corrected chi connectivity index (χ4v) is 4.39. The molecular formula is C20H28N6O3. The van der Waals surface area contributed by atoms with E-state index in [0.717, 1.165) is 24.7 Å². The standard InChI is InChI=1S/C20H28N6O3/c1-14-22-16(25-24-14)13-26-9-5-20(6-10-26)18(28)19(2,7-11-29-20)23-17(27)15-4-3-8-21-12-15/h3-4,8,12,18,28H,5-7,9-11,13H2,1-2H3,(H,23,27)(H,22,24,25)/t18-,19+/m1/s1. The fraction of sp³-hybridized carbons (Fsp3) is 0.600. The number of hydrogen-bond acceptors (Lipinski definition) is 7. The van der Waals surface area contributed by atoms with Crippen LogP contribution in [-0.2, 0) is 11.3 Å². The lowest BCUT2D eigenvalue weighted by Gasteiger charge is -2.53. The van der Waals surface area contributed by atoms with Crippen molar-refractivity contribution in [2.45, 2.75) is 56.9 Å². The molecule has 0 radical (unpaired) electrons. The zero-order valence-corrected chi connectivity index (χ0v) is 16.9. The third-order valence-electron chi connectivity index (χ3n) is 6.15. The average molecular weight is 400 g/mol. The minimum atomic E-state index is -0.794. The molecule has 9 heteroatoms. The first-order chi connectivity index (χ1) is 13.9. The number of hydrogen-bond donors (Lipinski definition) is 3. The first kappa shape index (κ1) is 19.9. The maximum absolute atomic E-state index is 12.7. The van der Waals surface area contributed by atoms with E-state index in [1.54, 1.807) is 18.3 Å². The Balaban J connectivity index is 1.41. The third kappa shape index (κ3) is 4.03. The summed E-state index contributed by atoms with van der Waals surface area (Å²) in [4.78, 5) is 23.3. The topological polar surface area (TPSA) is 116 Å². The minimum Gasteiger partial charge on any atom is -0.388 e. The lowest BCUT2D eigenvalue weighted by atomic mass is 9.73. The number of nitrogens with one attached hydrogen (secondary N) is 2. The monoisotopic (exact) mass is 400 g/mol. The van der Waals surface area contributed by atoms with Crippen LogP contribution < -0.4 is 5.32 Å². The molecule has 2 atom stereocenters. The van der Waals surface area contributed by atoms with Gasteiger partial charge < -0.3 is 15.2 Å². The minimum absolute atomic E-state index is 0.228. The molecule has 2 saturated heterocycles. The molecular weight excluding hydrogens is 372 g/mol. The zero-order chi connectivity index (χ0) is 20.5. The van der Waals surface area contributed by atoms with Crippen LogP contribution in [0.1, 0.15) is 48.2 Å². The molecule has 2 fully saturated rings. The van der Waals surface area contributed by atoms with Crippen LogP contribution in [-0.4, -0.2) is 73.0 Å². The zero-order valence-electron chi connectivity index (χ0n) is 16.9. The highest BCUT2D eigenvalue weighted by Gasteiger charge is 2.53. The van der Waals surface area contributed by atoms with Gasteiger partial charge in [0, 0.05) is 32.1 Å². The second kappa shape index (κ2) is 7.81. The number of aryl methyl sites for hydroxylation is 1. The molecule has 2 aliphatic rings. The molecule has 9 nitrogen and oxygen atoms in total. The molecule has 0 aliphatic carbocycles. The number of aromatic nitrogens is 4. The Bertz CT molecular complexity index is 849. The number of amides is 1. The number of aliphatic hydroxyl groups is 1. The summed E-state index contributed by atoms with van der Waals surface area (Å²) in [5, 5.41) is 21.4. The summed E-state index contributed by atoms with van der Waals surface area (Å²) in [7, 11) is 0. The smallest absolute Gasteiger partial charge is 0.253 e. The Morgan fingerprint density at radius 3 is 2.86 bits per heavy atom. The van der Waals surface area contributed by atoms with E-state index in [1.807, 2.05) is 13.8 Å². The molecule has 0 saturated carbocycles. The SMILES string of the molecule is Cc1nc(CN2CCC3(CC2)OCC[C@](C)(NC(=O)c2cccnc2)[C@H]3O)n[nH]1. The molecule has 1 spiro atoms. The first-order valence-corrected chi connectivity index (χ1v) is 10.1. The van der Waals surface area contributed by atoms with Crippen molar-refractivity contribution >= 4 is 5.91 Å². The van der Waals surface area contributed by atoms with Gasteiger partial charge in [0.15, 0.2) is 5.82 Å². The lowest BCUT2D eigenvalue weighted by molar-refractivity contribution is -0.206. The van der Waals surface area contributed by atoms with E-state index in [4.69, 9.17) is 4.74 Å². The van der Waals surface area contributed by atoms with Crippen molar-refractivity contribution < 1.29 is 14.6 Å². The number of carbonyl (C=O) groups is 1. The number of likely N-dealkylation sites (tertiary alicyclic amines) is 1. The predicted octanol–water partition coefficient (Wildman–Crippen LogP) is 0.813. The molecule has 1 amide bonds. The quantitative estimate of drug-likeness (QED) is 0.695. The van der Waals surface area contributed by atoms with Gasteiger partial charge in [-0.15, -0.1) is 0 Å². The number of pyridine rings is 1. The number of rotatable bonds is 4. The molecule has 3 N–H and O–H groups in total. The summed E-state index contributed by atoms with van der Waals surface area (Å²) in [6, 6.07) is 3.45. The lowest BCUT2D eigenvalue weighted by Crippen LogP contribution is -2.69. The van der Waals surface area contributed by atoms with E-state index in [-0.39, 0.29) is 5.91 Å². The van der Waals surface area contributed by atoms with Crippen LogP contribution in [0.2, 0.25) is 0 Å². The highest BCUT2D eigenvalue weighted by atomic mass is 16.5. The molecule has 156 valence electrons. The normalized spacial score (nSPS) is 27.1. The van der Waals surface area contributed by atoms with Gasteiger partial charge in [0.2, 0.25) is 0 Å². The highest BCUT2D eigenvalue weighted by molar-refractivity contribution is 5.94. The Hall–Kier alpha value is -2.36. The molecule has 0 unspecified atom stereocenters. The van der Waals surface area contributed by atoms with Gasteiger partial charge in [-0.05, 0) is 45.2 Å². The largest absolute Gasteiger partial charge is 0.388 e. The van der Waals surface area contributed by atoms with E-state index in [0.29, 0.717) is 38.0 Å². The highest BCUT2D eigenvalue weighted by Crippen LogP contribution is 2.40. The van der Waals surface area contributed by atoms with Crippen molar-refractivity contribution in [3.63, 3.8) is 0 Å². The Morgan fingerprint density at radius 1 is 1.41 bits per heavy atom. The van der Waals surface area contributed by atoms with Crippen molar-refractivity contribution in [1.29, 1.82) is 0 Å². The van der Waals surface area contributed by atoms with Crippen LogP contribution in [0.4, 0.5) is 0 Å². The maximum atomic E-state index is 12.7. The number of ether oxygens (including phenoxy) is 1. The number of aromatic amines is 1. The van der Waals surface area contributed by atoms with Crippen molar-refractivity contribution in [3.8, 4) is 0 Å². The van der Waals surface area contributed by atoms with Gasteiger partial charge in [0.1, 0.15) is 11.9 Å². The van der Waals surface area contributed by atoms with Crippen molar-refractivity contribution in [2.75, 3.05) is 19.7 Å². The summed E-state index contributed by atoms with van der Waals surface area (Å²) >= 11 is 0. The van der Waals surface area contributed by atoms with Crippen LogP contribution in [0.15, 0.2) is 24.5 Å². The average Bonchev–Trinajstić information content (AvgIpc) is 3.13. The summed E-state index contributed by atoms with van der Waals surface area (Å²) in [5.41, 5.74) is -0.924. The molecule has 0 aromatic carbocycles. The van der Waals surface area contributed by atoms with Crippen LogP contribution in [0, 0.1) is 6.92 Å². The van der Waals surface area contributed by atoms with E-state index < -0.39 is 17.2 Å². The predicted molar refractivity (Wildman–Crippen MR) is 105 cm³/mol. The molecule has 29 heavy (non-hydrogen) atoms. The van der Waals surface area contributed by atoms with Crippen molar-refractivity contribution in [1.82, 2.24) is 30.4 Å². The number of H-pyrrole nitrogens is 1. The van der Waals surface area contributed by atoms with E-state index in [9.17, 15) is 9.90 Å². The second-order valence-electron chi connectivity index (χ2n) is 8.29. The summed E-state index contributed by atoms with van der Waals surface area (Å²) < 4.78 is 6.13. The number of carbonyl (C=O) groups excluding carboxylic acids is 1. The second-order valence-corrected chi connectivity index (χ2v) is 8.29. The van der Waals surface area contributed by atoms with Gasteiger partial charge >= 0.3 is 0 Å². The van der Waals surface area contributed by atoms with E-state index in [2.05, 4.69) is 30.4 Å². The first-order valence-electron chi connectivity index (χ1n) is 10.1. The molecule has 2 aliphatic heterocycles. The maximum Gasteiger partial charge on any atom is 0.253 e. The number of aliphatic hydroxyl groups excluding tert-OH is 1. The molecule has 2 aromatic rings. The van der Waals surface area contributed by atoms with E-state index in [1.165, 1.54) is 6.20 Å². The van der Waals surface area contributed by atoms with Crippen molar-refractivity contribution in [2.24, 2.45) is 0 Å². The summed E-state index contributed by atoms with van der Waals surface area (Å²) in [6.07, 6.45) is 4.30. The summed E-state index contributed by atoms with van der Waals surface area (Å²) in [5.74, 6) is 1.35. The van der Waals surface area contributed by atoms with Crippen LogP contribution in [0.3, 0.4) is 0 Å². The van der Waals surface area contributed by atoms with Gasteiger partial charge in [-0.1, -0.05) is 0 Å². The molecule has 4 heterocycles. The van der Waals surface area contributed by atoms with Crippen LogP contribution >= 0.6 is 0 Å². The van der Waals surface area contributed by atoms with Crippen LogP contribution in [0.5, 0.6) is 0 Å². The number of nitrogens with zero attached hydrogens (tertiary/aromatic N) is 4. The third-order valence-corrected chi connectivity index (χ3v) is 6.15. The van der Waals surface area contributed by atoms with Gasteiger partial charge in [0.05, 0.1) is 23.2 Å². The Morgan fingerprint density at radius 2 is 2.21 bits per heavy atom. The Kier molecular flexibility index (Phi) is 5.37. The van der Waals surface area contributed by atoms with Gasteiger partial charge in [-0.3, -0.25) is 19.8 Å². The van der Waals surface area contributed by atoms with Gasteiger partial charge in [0.25, 0.3) is 5.91 Å². The Labute approximate surface area is 169 Å². The fourth-order valence-electron chi connectivity index (χ4n) is 4.39. The molecule has 0 bridgehead atoms. The molecule has 4 rings (SSSR count). The number of piperidine rings is 1. The van der Waals surface area contributed by atoms with Crippen molar-refractivity contribution in [3.05, 3.63) is 41.7 Å². The van der Waals surface area contributed by atoms with Gasteiger partial charge in [-0.25, -0.2) is 4.98 Å². The summed E-state index contributed by atoms with van der Waals surface area (Å²) in [6.45, 7) is 6.51. The molecule has 2 aromatic heterocycles. The van der Waals surface area contributed by atoms with Gasteiger partial charge in [-0.2, -0.15) is 5.10 Å². The van der Waals surface area contributed by atoms with Crippen LogP contribution in [0.25, 0.3) is 0 Å². The van der Waals surface area contributed by atoms with E-state index >= 15 is 0 Å².